The van der Waals surface area contributed by atoms with E-state index in [-0.39, 0.29) is 0 Å². The summed E-state index contributed by atoms with van der Waals surface area (Å²) in [6.07, 6.45) is 3.80. The molecule has 3 heteroatoms. The van der Waals surface area contributed by atoms with Gasteiger partial charge in [0.05, 0.1) is 11.7 Å². The molecule has 0 fully saturated rings. The zero-order valence-electron chi connectivity index (χ0n) is 10.8. The summed E-state index contributed by atoms with van der Waals surface area (Å²) in [7, 11) is 1.96. The molecule has 3 aromatic rings. The van der Waals surface area contributed by atoms with E-state index in [4.69, 9.17) is 0 Å². The first-order valence-electron chi connectivity index (χ1n) is 6.00. The molecule has 0 spiro atoms. The summed E-state index contributed by atoms with van der Waals surface area (Å²) < 4.78 is 1.89. The summed E-state index contributed by atoms with van der Waals surface area (Å²) in [6.45, 7) is 4.11. The molecule has 90 valence electrons. The average Bonchev–Trinajstić information content (AvgIpc) is 2.74. The van der Waals surface area contributed by atoms with Crippen molar-refractivity contribution in [1.82, 2.24) is 14.8 Å². The van der Waals surface area contributed by atoms with Gasteiger partial charge in [0, 0.05) is 29.9 Å². The molecule has 0 unspecified atom stereocenters. The Hall–Kier alpha value is -2.16. The molecule has 0 aliphatic heterocycles. The fraction of sp³-hybridized carbons (Fsp3) is 0.200. The molecule has 0 amide bonds. The summed E-state index contributed by atoms with van der Waals surface area (Å²) in [5.41, 5.74) is 5.78. The van der Waals surface area contributed by atoms with Gasteiger partial charge in [-0.15, -0.1) is 0 Å². The maximum atomic E-state index is 4.42. The topological polar surface area (TPSA) is 30.7 Å². The van der Waals surface area contributed by atoms with Crippen LogP contribution in [0.25, 0.3) is 22.0 Å². The van der Waals surface area contributed by atoms with Crippen LogP contribution in [-0.2, 0) is 7.05 Å². The zero-order valence-corrected chi connectivity index (χ0v) is 10.8. The number of fused-ring (bicyclic) bond motifs is 1. The van der Waals surface area contributed by atoms with Gasteiger partial charge in [0.25, 0.3) is 0 Å². The number of aryl methyl sites for hydroxylation is 3. The van der Waals surface area contributed by atoms with Crippen LogP contribution >= 0.6 is 0 Å². The van der Waals surface area contributed by atoms with E-state index < -0.39 is 0 Å². The van der Waals surface area contributed by atoms with Crippen LogP contribution in [0.15, 0.2) is 36.7 Å². The maximum absolute atomic E-state index is 4.42. The van der Waals surface area contributed by atoms with E-state index in [0.717, 1.165) is 16.6 Å². The number of hydrogen-bond donors (Lipinski definition) is 0. The highest BCUT2D eigenvalue weighted by atomic mass is 15.2. The van der Waals surface area contributed by atoms with Gasteiger partial charge in [0.1, 0.15) is 0 Å². The number of pyridine rings is 1. The molecule has 2 aromatic heterocycles. The Morgan fingerprint density at radius 3 is 2.72 bits per heavy atom. The number of hydrogen-bond acceptors (Lipinski definition) is 2. The molecule has 0 aliphatic carbocycles. The van der Waals surface area contributed by atoms with Gasteiger partial charge < -0.3 is 0 Å². The lowest BCUT2D eigenvalue weighted by atomic mass is 10.0. The van der Waals surface area contributed by atoms with Crippen molar-refractivity contribution in [1.29, 1.82) is 0 Å². The molecule has 1 aromatic carbocycles. The Labute approximate surface area is 106 Å². The molecule has 0 N–H and O–H groups in total. The van der Waals surface area contributed by atoms with Crippen LogP contribution in [-0.4, -0.2) is 14.8 Å². The van der Waals surface area contributed by atoms with Crippen molar-refractivity contribution in [3.8, 4) is 11.1 Å². The highest BCUT2D eigenvalue weighted by Gasteiger charge is 2.06. The summed E-state index contributed by atoms with van der Waals surface area (Å²) in [4.78, 5) is 4.42. The molecular weight excluding hydrogens is 222 g/mol. The normalized spacial score (nSPS) is 11.1. The van der Waals surface area contributed by atoms with Crippen LogP contribution in [0.4, 0.5) is 0 Å². The van der Waals surface area contributed by atoms with Crippen molar-refractivity contribution < 1.29 is 0 Å². The Kier molecular flexibility index (Phi) is 2.40. The van der Waals surface area contributed by atoms with Crippen molar-refractivity contribution >= 4 is 10.9 Å². The molecule has 3 rings (SSSR count). The molecule has 3 nitrogen and oxygen atoms in total. The van der Waals surface area contributed by atoms with E-state index in [9.17, 15) is 0 Å². The van der Waals surface area contributed by atoms with E-state index in [1.54, 1.807) is 0 Å². The van der Waals surface area contributed by atoms with E-state index in [0.29, 0.717) is 0 Å². The standard InChI is InChI=1S/C15H15N3/c1-10-6-14(11(2)16-8-10)12-4-5-15-13(7-12)9-17-18(15)3/h4-9H,1-3H3. The molecule has 2 heterocycles. The molecule has 0 radical (unpaired) electrons. The second-order valence-electron chi connectivity index (χ2n) is 4.69. The predicted molar refractivity (Wildman–Crippen MR) is 73.4 cm³/mol. The number of aromatic nitrogens is 3. The van der Waals surface area contributed by atoms with Crippen LogP contribution in [0.3, 0.4) is 0 Å². The number of benzene rings is 1. The van der Waals surface area contributed by atoms with Crippen LogP contribution in [0.5, 0.6) is 0 Å². The molecule has 0 saturated carbocycles. The van der Waals surface area contributed by atoms with Crippen LogP contribution < -0.4 is 0 Å². The fourth-order valence-electron chi connectivity index (χ4n) is 2.26. The monoisotopic (exact) mass is 237 g/mol. The van der Waals surface area contributed by atoms with Gasteiger partial charge >= 0.3 is 0 Å². The van der Waals surface area contributed by atoms with Crippen molar-refractivity contribution in [2.75, 3.05) is 0 Å². The third-order valence-electron chi connectivity index (χ3n) is 3.28. The number of nitrogens with zero attached hydrogens (tertiary/aromatic N) is 3. The molecule has 0 saturated heterocycles. The molecule has 0 bridgehead atoms. The second-order valence-corrected chi connectivity index (χ2v) is 4.69. The van der Waals surface area contributed by atoms with Crippen LogP contribution in [0.1, 0.15) is 11.3 Å². The lowest BCUT2D eigenvalue weighted by molar-refractivity contribution is 0.797. The average molecular weight is 237 g/mol. The minimum Gasteiger partial charge on any atom is -0.268 e. The Balaban J connectivity index is 2.22. The van der Waals surface area contributed by atoms with Crippen LogP contribution in [0.2, 0.25) is 0 Å². The first kappa shape index (κ1) is 11.0. The third kappa shape index (κ3) is 1.68. The van der Waals surface area contributed by atoms with Crippen molar-refractivity contribution in [2.24, 2.45) is 7.05 Å². The summed E-state index contributed by atoms with van der Waals surface area (Å²) in [6, 6.07) is 8.60. The maximum Gasteiger partial charge on any atom is 0.0679 e. The molecule has 0 aliphatic rings. The van der Waals surface area contributed by atoms with Crippen molar-refractivity contribution in [2.45, 2.75) is 13.8 Å². The zero-order chi connectivity index (χ0) is 12.7. The highest BCUT2D eigenvalue weighted by Crippen LogP contribution is 2.26. The Bertz CT molecular complexity index is 726. The van der Waals surface area contributed by atoms with E-state index >= 15 is 0 Å². The SMILES string of the molecule is Cc1cnc(C)c(-c2ccc3c(cnn3C)c2)c1. The summed E-state index contributed by atoms with van der Waals surface area (Å²) in [5, 5.41) is 5.43. The Morgan fingerprint density at radius 1 is 1.06 bits per heavy atom. The molecule has 18 heavy (non-hydrogen) atoms. The fourth-order valence-corrected chi connectivity index (χ4v) is 2.26. The first-order chi connectivity index (χ1) is 8.65. The third-order valence-corrected chi connectivity index (χ3v) is 3.28. The van der Waals surface area contributed by atoms with Gasteiger partial charge in [-0.1, -0.05) is 6.07 Å². The first-order valence-corrected chi connectivity index (χ1v) is 6.00. The van der Waals surface area contributed by atoms with Gasteiger partial charge in [-0.2, -0.15) is 5.10 Å². The highest BCUT2D eigenvalue weighted by molar-refractivity contribution is 5.85. The summed E-state index contributed by atoms with van der Waals surface area (Å²) >= 11 is 0. The van der Waals surface area contributed by atoms with Gasteiger partial charge in [0.2, 0.25) is 0 Å². The minimum atomic E-state index is 1.06. The Morgan fingerprint density at radius 2 is 1.89 bits per heavy atom. The van der Waals surface area contributed by atoms with Gasteiger partial charge in [-0.3, -0.25) is 9.67 Å². The van der Waals surface area contributed by atoms with Gasteiger partial charge in [-0.25, -0.2) is 0 Å². The largest absolute Gasteiger partial charge is 0.268 e. The number of rotatable bonds is 1. The summed E-state index contributed by atoms with van der Waals surface area (Å²) in [5.74, 6) is 0. The quantitative estimate of drug-likeness (QED) is 0.650. The second kappa shape index (κ2) is 3.95. The minimum absolute atomic E-state index is 1.06. The lowest BCUT2D eigenvalue weighted by Crippen LogP contribution is -1.90. The van der Waals surface area contributed by atoms with E-state index in [1.807, 2.05) is 31.0 Å². The van der Waals surface area contributed by atoms with E-state index in [1.165, 1.54) is 16.7 Å². The molecular formula is C15H15N3. The van der Waals surface area contributed by atoms with Crippen LogP contribution in [0, 0.1) is 13.8 Å². The van der Waals surface area contributed by atoms with Crippen molar-refractivity contribution in [3.05, 3.63) is 47.9 Å². The van der Waals surface area contributed by atoms with E-state index in [2.05, 4.69) is 41.3 Å². The van der Waals surface area contributed by atoms with Gasteiger partial charge in [-0.05, 0) is 43.2 Å². The smallest absolute Gasteiger partial charge is 0.0679 e. The van der Waals surface area contributed by atoms with Gasteiger partial charge in [0.15, 0.2) is 0 Å². The van der Waals surface area contributed by atoms with Crippen molar-refractivity contribution in [3.63, 3.8) is 0 Å². The lowest BCUT2D eigenvalue weighted by Gasteiger charge is -2.07. The predicted octanol–water partition coefficient (Wildman–Crippen LogP) is 3.25. The molecule has 0 atom stereocenters.